The Morgan fingerprint density at radius 2 is 1.08 bits per heavy atom. The van der Waals surface area contributed by atoms with Crippen molar-refractivity contribution < 1.29 is 0 Å². The topological polar surface area (TPSA) is 3.24 Å². The Bertz CT molecular complexity index is 277. The van der Waals surface area contributed by atoms with E-state index in [1.54, 1.807) is 0 Å². The minimum Gasteiger partial charge on any atom is -0.298 e. The van der Waals surface area contributed by atoms with Crippen LogP contribution in [0.3, 0.4) is 0 Å². The monoisotopic (exact) mass is 341 g/mol. The first-order valence-electron chi connectivity index (χ1n) is 10.4. The van der Waals surface area contributed by atoms with Crippen molar-refractivity contribution in [2.75, 3.05) is 13.1 Å². The summed E-state index contributed by atoms with van der Waals surface area (Å²) in [6, 6.07) is 0. The van der Waals surface area contributed by atoms with Crippen LogP contribution in [0.1, 0.15) is 115 Å². The Labute approximate surface area is 156 Å². The summed E-state index contributed by atoms with van der Waals surface area (Å²) in [5, 5.41) is 0. The highest BCUT2D eigenvalue weighted by Gasteiger charge is 2.25. The van der Waals surface area contributed by atoms with Crippen molar-refractivity contribution in [2.24, 2.45) is 16.7 Å². The summed E-state index contributed by atoms with van der Waals surface area (Å²) < 4.78 is 0. The molecule has 1 aliphatic heterocycles. The van der Waals surface area contributed by atoms with Crippen LogP contribution in [0.15, 0.2) is 0 Å². The van der Waals surface area contributed by atoms with Gasteiger partial charge in [-0.25, -0.2) is 0 Å². The normalized spacial score (nSPS) is 15.9. The van der Waals surface area contributed by atoms with Crippen molar-refractivity contribution in [3.8, 4) is 0 Å². The molecular weight excluding hydrogens is 290 g/mol. The van der Waals surface area contributed by atoms with Crippen LogP contribution in [0.2, 0.25) is 0 Å². The zero-order chi connectivity index (χ0) is 19.6. The summed E-state index contributed by atoms with van der Waals surface area (Å²) >= 11 is 0. The van der Waals surface area contributed by atoms with E-state index in [4.69, 9.17) is 0 Å². The molecule has 0 bridgehead atoms. The number of likely N-dealkylation sites (tertiary alicyclic amines) is 1. The van der Waals surface area contributed by atoms with E-state index in [9.17, 15) is 0 Å². The molecule has 0 spiro atoms. The first-order valence-corrected chi connectivity index (χ1v) is 10.4. The molecule has 1 heterocycles. The van der Waals surface area contributed by atoms with E-state index < -0.39 is 0 Å². The van der Waals surface area contributed by atoms with Gasteiger partial charge in [0, 0.05) is 5.54 Å². The summed E-state index contributed by atoms with van der Waals surface area (Å²) in [6.07, 6.45) is 6.73. The zero-order valence-corrected chi connectivity index (χ0v) is 19.5. The van der Waals surface area contributed by atoms with Gasteiger partial charge in [-0.15, -0.1) is 0 Å². The van der Waals surface area contributed by atoms with Gasteiger partial charge in [-0.1, -0.05) is 81.6 Å². The number of rotatable bonds is 3. The molecule has 1 nitrogen and oxygen atoms in total. The summed E-state index contributed by atoms with van der Waals surface area (Å²) in [5.41, 5.74) is 1.49. The molecule has 1 heteroatoms. The fraction of sp³-hybridized carbons (Fsp3) is 1.00. The van der Waals surface area contributed by atoms with E-state index in [-0.39, 0.29) is 0 Å². The first kappa shape index (κ1) is 26.2. The van der Waals surface area contributed by atoms with Crippen molar-refractivity contribution in [3.05, 3.63) is 0 Å². The van der Waals surface area contributed by atoms with Gasteiger partial charge in [-0.05, 0) is 63.5 Å². The molecule has 0 aromatic carbocycles. The van der Waals surface area contributed by atoms with E-state index >= 15 is 0 Å². The van der Waals surface area contributed by atoms with Crippen LogP contribution in [0.25, 0.3) is 0 Å². The second-order valence-electron chi connectivity index (χ2n) is 10.9. The molecule has 1 rings (SSSR count). The first-order chi connectivity index (χ1) is 10.7. The Hall–Kier alpha value is -0.0400. The van der Waals surface area contributed by atoms with Crippen molar-refractivity contribution in [3.63, 3.8) is 0 Å². The van der Waals surface area contributed by atoms with E-state index in [0.717, 1.165) is 5.92 Å². The lowest BCUT2D eigenvalue weighted by Crippen LogP contribution is -2.49. The molecule has 1 fully saturated rings. The lowest BCUT2D eigenvalue weighted by atomic mass is 9.82. The van der Waals surface area contributed by atoms with E-state index in [0.29, 0.717) is 16.4 Å². The minimum absolute atomic E-state index is 0.429. The van der Waals surface area contributed by atoms with Crippen LogP contribution >= 0.6 is 0 Å². The second kappa shape index (κ2) is 11.6. The number of hydrogen-bond acceptors (Lipinski definition) is 1. The third kappa shape index (κ3) is 16.8. The maximum absolute atomic E-state index is 2.49. The Morgan fingerprint density at radius 1 is 0.708 bits per heavy atom. The molecule has 0 aliphatic carbocycles. The van der Waals surface area contributed by atoms with Crippen LogP contribution in [0.4, 0.5) is 0 Å². The highest BCUT2D eigenvalue weighted by atomic mass is 15.2. The maximum atomic E-state index is 2.49. The Morgan fingerprint density at radius 3 is 1.12 bits per heavy atom. The Balaban J connectivity index is 0. The highest BCUT2D eigenvalue weighted by Crippen LogP contribution is 2.27. The molecule has 148 valence electrons. The second-order valence-corrected chi connectivity index (χ2v) is 10.9. The third-order valence-corrected chi connectivity index (χ3v) is 4.92. The van der Waals surface area contributed by atoms with Gasteiger partial charge in [0.1, 0.15) is 0 Å². The van der Waals surface area contributed by atoms with Crippen molar-refractivity contribution in [1.29, 1.82) is 0 Å². The molecule has 0 aromatic heterocycles. The van der Waals surface area contributed by atoms with Gasteiger partial charge >= 0.3 is 0 Å². The average molecular weight is 342 g/mol. The largest absolute Gasteiger partial charge is 0.298 e. The van der Waals surface area contributed by atoms with Crippen LogP contribution in [-0.4, -0.2) is 23.5 Å². The third-order valence-electron chi connectivity index (χ3n) is 4.92. The molecular formula is C23H51N. The van der Waals surface area contributed by atoms with Crippen LogP contribution < -0.4 is 0 Å². The van der Waals surface area contributed by atoms with E-state index in [1.165, 1.54) is 45.2 Å². The lowest BCUT2D eigenvalue weighted by Gasteiger charge is -2.42. The van der Waals surface area contributed by atoms with Gasteiger partial charge < -0.3 is 0 Å². The Kier molecular flexibility index (Phi) is 12.6. The van der Waals surface area contributed by atoms with E-state index in [1.807, 2.05) is 0 Å². The van der Waals surface area contributed by atoms with Crippen molar-refractivity contribution in [1.82, 2.24) is 4.90 Å². The molecule has 1 saturated heterocycles. The smallest absolute Gasteiger partial charge is 0.0125 e. The summed E-state index contributed by atoms with van der Waals surface area (Å²) in [6.45, 7) is 29.9. The van der Waals surface area contributed by atoms with Gasteiger partial charge in [0.05, 0.1) is 0 Å². The fourth-order valence-corrected chi connectivity index (χ4v) is 2.43. The number of nitrogens with zero attached hydrogens (tertiary/aromatic N) is 1. The predicted molar refractivity (Wildman–Crippen MR) is 114 cm³/mol. The van der Waals surface area contributed by atoms with Crippen molar-refractivity contribution >= 4 is 0 Å². The zero-order valence-electron chi connectivity index (χ0n) is 19.5. The molecule has 24 heavy (non-hydrogen) atoms. The van der Waals surface area contributed by atoms with Gasteiger partial charge in [-0.2, -0.15) is 0 Å². The number of hydrogen-bond donors (Lipinski definition) is 0. The maximum Gasteiger partial charge on any atom is 0.0125 e. The standard InChI is InChI=1S/C10H22.C7H15N.C6H14/c1-6-9(7-2)8-10(3,4)5;1-7(2,3)8-5-4-6-8;1-5-6(2,3)4/h9H,6-8H2,1-5H3;4-6H2,1-3H3;5H2,1-4H3. The molecule has 0 unspecified atom stereocenters. The van der Waals surface area contributed by atoms with Gasteiger partial charge in [0.15, 0.2) is 0 Å². The minimum atomic E-state index is 0.429. The lowest BCUT2D eigenvalue weighted by molar-refractivity contribution is 0.0690. The SMILES string of the molecule is CC(C)(C)N1CCC1.CCC(C)(C)C.CCC(CC)CC(C)(C)C. The van der Waals surface area contributed by atoms with Crippen molar-refractivity contribution in [2.45, 2.75) is 121 Å². The fourth-order valence-electron chi connectivity index (χ4n) is 2.43. The van der Waals surface area contributed by atoms with Crippen LogP contribution in [0.5, 0.6) is 0 Å². The average Bonchev–Trinajstić information content (AvgIpc) is 2.31. The van der Waals surface area contributed by atoms with E-state index in [2.05, 4.69) is 88.0 Å². The predicted octanol–water partition coefficient (Wildman–Crippen LogP) is 7.79. The molecule has 0 aromatic rings. The molecule has 0 N–H and O–H groups in total. The summed E-state index contributed by atoms with van der Waals surface area (Å²) in [4.78, 5) is 2.49. The molecule has 0 radical (unpaired) electrons. The molecule has 0 amide bonds. The van der Waals surface area contributed by atoms with Crippen LogP contribution in [-0.2, 0) is 0 Å². The van der Waals surface area contributed by atoms with Crippen LogP contribution in [0, 0.1) is 16.7 Å². The molecule has 0 atom stereocenters. The summed E-state index contributed by atoms with van der Waals surface area (Å²) in [5.74, 6) is 0.944. The highest BCUT2D eigenvalue weighted by molar-refractivity contribution is 4.81. The quantitative estimate of drug-likeness (QED) is 0.506. The van der Waals surface area contributed by atoms with Gasteiger partial charge in [0.25, 0.3) is 0 Å². The molecule has 1 aliphatic rings. The molecule has 0 saturated carbocycles. The van der Waals surface area contributed by atoms with Gasteiger partial charge in [-0.3, -0.25) is 4.90 Å². The van der Waals surface area contributed by atoms with Gasteiger partial charge in [0.2, 0.25) is 0 Å². The summed E-state index contributed by atoms with van der Waals surface area (Å²) in [7, 11) is 0.